The minimum atomic E-state index is -4.11. The molecule has 0 aromatic rings. The third-order valence-electron chi connectivity index (χ3n) is 1.57. The first-order chi connectivity index (χ1) is 4.61. The first-order valence-electron chi connectivity index (χ1n) is 3.25. The second-order valence-corrected chi connectivity index (χ2v) is 3.80. The Morgan fingerprint density at radius 1 is 1.30 bits per heavy atom. The van der Waals surface area contributed by atoms with E-state index < -0.39 is 10.1 Å². The summed E-state index contributed by atoms with van der Waals surface area (Å²) in [6.45, 7) is 0. The van der Waals surface area contributed by atoms with Crippen molar-refractivity contribution in [1.29, 1.82) is 0 Å². The lowest BCUT2D eigenvalue weighted by Gasteiger charge is -2.07. The van der Waals surface area contributed by atoms with E-state index in [9.17, 15) is 13.0 Å². The Labute approximate surface area is 60.5 Å². The predicted molar refractivity (Wildman–Crippen MR) is 36.2 cm³/mol. The lowest BCUT2D eigenvalue weighted by Crippen LogP contribution is -2.03. The van der Waals surface area contributed by atoms with Gasteiger partial charge < -0.3 is 0 Å². The summed E-state index contributed by atoms with van der Waals surface area (Å²) in [7, 11) is -4.11. The molecule has 0 aromatic carbocycles. The zero-order chi connectivity index (χ0) is 7.61. The van der Waals surface area contributed by atoms with Gasteiger partial charge in [-0.1, -0.05) is 10.6 Å². The molecule has 0 saturated carbocycles. The van der Waals surface area contributed by atoms with Gasteiger partial charge in [-0.2, -0.15) is 8.42 Å². The highest BCUT2D eigenvalue weighted by atomic mass is 32.2. The van der Waals surface area contributed by atoms with Crippen LogP contribution in [0.15, 0.2) is 11.0 Å². The molecule has 0 N–H and O–H groups in total. The van der Waals surface area contributed by atoms with Crippen molar-refractivity contribution in [3.63, 3.8) is 0 Å². The summed E-state index contributed by atoms with van der Waals surface area (Å²) in [5.74, 6) is 0. The quantitative estimate of drug-likeness (QED) is 0.580. The van der Waals surface area contributed by atoms with Crippen LogP contribution in [0, 0.1) is 0 Å². The van der Waals surface area contributed by atoms with Gasteiger partial charge in [0.25, 0.3) is 0 Å². The number of hydrogen-bond donors (Lipinski definition) is 0. The van der Waals surface area contributed by atoms with Gasteiger partial charge in [-0.05, 0) is 25.7 Å². The summed E-state index contributed by atoms with van der Waals surface area (Å²) in [4.78, 5) is 0.0822. The summed E-state index contributed by atoms with van der Waals surface area (Å²) < 4.78 is 31.1. The van der Waals surface area contributed by atoms with Crippen molar-refractivity contribution < 1.29 is 13.0 Å². The average molecular weight is 161 g/mol. The largest absolute Gasteiger partial charge is 0.320 e. The highest BCUT2D eigenvalue weighted by Crippen LogP contribution is 2.21. The molecule has 57 valence electrons. The van der Waals surface area contributed by atoms with Gasteiger partial charge in [-0.25, -0.2) is 0 Å². The summed E-state index contributed by atoms with van der Waals surface area (Å²) in [6, 6.07) is 0. The molecule has 0 saturated heterocycles. The predicted octanol–water partition coefficient (Wildman–Crippen LogP) is 1.20. The van der Waals surface area contributed by atoms with E-state index in [1.54, 1.807) is 0 Å². The second-order valence-electron chi connectivity index (χ2n) is 2.37. The lowest BCUT2D eigenvalue weighted by atomic mass is 10.1. The Morgan fingerprint density at radius 2 is 2.00 bits per heavy atom. The fourth-order valence-electron chi connectivity index (χ4n) is 1.04. The standard InChI is InChI=1S/C6H9O3S/c7-10(8,9)6-4-2-1-3-5-6/h4H,1-3,5H2. The van der Waals surface area contributed by atoms with E-state index in [-0.39, 0.29) is 4.91 Å². The molecule has 0 amide bonds. The van der Waals surface area contributed by atoms with Crippen molar-refractivity contribution >= 4 is 10.1 Å². The summed E-state index contributed by atoms with van der Waals surface area (Å²) in [5.41, 5.74) is 0. The third-order valence-corrected chi connectivity index (χ3v) is 2.58. The maximum absolute atomic E-state index is 10.4. The van der Waals surface area contributed by atoms with Gasteiger partial charge in [0.15, 0.2) is 0 Å². The number of hydrogen-bond acceptors (Lipinski definition) is 2. The molecule has 1 rings (SSSR count). The molecule has 10 heavy (non-hydrogen) atoms. The fourth-order valence-corrected chi connectivity index (χ4v) is 1.75. The molecule has 0 heterocycles. The van der Waals surface area contributed by atoms with E-state index >= 15 is 0 Å². The van der Waals surface area contributed by atoms with Crippen LogP contribution in [0.5, 0.6) is 0 Å². The summed E-state index contributed by atoms with van der Waals surface area (Å²) in [6.07, 6.45) is 4.53. The Bertz CT molecular complexity index is 238. The van der Waals surface area contributed by atoms with E-state index in [2.05, 4.69) is 0 Å². The van der Waals surface area contributed by atoms with Crippen LogP contribution in [0.3, 0.4) is 0 Å². The van der Waals surface area contributed by atoms with Gasteiger partial charge in [0.2, 0.25) is 0 Å². The van der Waals surface area contributed by atoms with E-state index in [0.717, 1.165) is 19.3 Å². The van der Waals surface area contributed by atoms with Gasteiger partial charge >= 0.3 is 10.1 Å². The monoisotopic (exact) mass is 161 g/mol. The Kier molecular flexibility index (Phi) is 2.11. The molecular weight excluding hydrogens is 152 g/mol. The highest BCUT2D eigenvalue weighted by molar-refractivity contribution is 7.89. The lowest BCUT2D eigenvalue weighted by molar-refractivity contribution is 0.418. The molecule has 0 atom stereocenters. The van der Waals surface area contributed by atoms with Gasteiger partial charge in [0.1, 0.15) is 0 Å². The molecule has 0 spiro atoms. The van der Waals surface area contributed by atoms with Gasteiger partial charge in [0, 0.05) is 0 Å². The number of rotatable bonds is 1. The van der Waals surface area contributed by atoms with Crippen LogP contribution in [-0.2, 0) is 14.7 Å². The van der Waals surface area contributed by atoms with Crippen molar-refractivity contribution in [1.82, 2.24) is 0 Å². The highest BCUT2D eigenvalue weighted by Gasteiger charge is 2.16. The molecule has 1 radical (unpaired) electrons. The van der Waals surface area contributed by atoms with Crippen LogP contribution in [-0.4, -0.2) is 8.42 Å². The van der Waals surface area contributed by atoms with Gasteiger partial charge in [-0.15, -0.1) is 0 Å². The van der Waals surface area contributed by atoms with E-state index in [1.807, 2.05) is 0 Å². The van der Waals surface area contributed by atoms with Crippen molar-refractivity contribution in [2.75, 3.05) is 0 Å². The van der Waals surface area contributed by atoms with Crippen LogP contribution >= 0.6 is 0 Å². The maximum Gasteiger partial charge on any atom is 0.320 e. The molecule has 4 heteroatoms. The second kappa shape index (κ2) is 2.72. The Hall–Kier alpha value is -0.350. The molecule has 1 aliphatic carbocycles. The zero-order valence-corrected chi connectivity index (χ0v) is 6.36. The van der Waals surface area contributed by atoms with E-state index in [4.69, 9.17) is 0 Å². The minimum absolute atomic E-state index is 0.0822. The zero-order valence-electron chi connectivity index (χ0n) is 5.54. The molecular formula is C6H9O3S. The van der Waals surface area contributed by atoms with E-state index in [1.165, 1.54) is 6.08 Å². The molecule has 0 fully saturated rings. The summed E-state index contributed by atoms with van der Waals surface area (Å²) in [5, 5.41) is 0. The first-order valence-corrected chi connectivity index (χ1v) is 4.66. The number of allylic oxidation sites excluding steroid dienone is 2. The Morgan fingerprint density at radius 3 is 2.30 bits per heavy atom. The van der Waals surface area contributed by atoms with Crippen molar-refractivity contribution in [2.45, 2.75) is 25.7 Å². The SMILES string of the molecule is [O]S(=O)(=O)C1=CCCCC1. The van der Waals surface area contributed by atoms with Gasteiger partial charge in [-0.3, -0.25) is 0 Å². The molecule has 0 unspecified atom stereocenters. The molecule has 1 aliphatic rings. The van der Waals surface area contributed by atoms with E-state index in [0.29, 0.717) is 6.42 Å². The first kappa shape index (κ1) is 7.75. The van der Waals surface area contributed by atoms with Crippen LogP contribution < -0.4 is 0 Å². The van der Waals surface area contributed by atoms with Crippen LogP contribution in [0.25, 0.3) is 0 Å². The topological polar surface area (TPSA) is 54.0 Å². The molecule has 0 aliphatic heterocycles. The normalized spacial score (nSPS) is 20.3. The third kappa shape index (κ3) is 1.82. The van der Waals surface area contributed by atoms with Crippen molar-refractivity contribution in [3.8, 4) is 0 Å². The van der Waals surface area contributed by atoms with Crippen molar-refractivity contribution in [3.05, 3.63) is 11.0 Å². The van der Waals surface area contributed by atoms with Crippen LogP contribution in [0.2, 0.25) is 0 Å². The smallest absolute Gasteiger partial charge is 0.192 e. The minimum Gasteiger partial charge on any atom is -0.192 e. The average Bonchev–Trinajstić information content (AvgIpc) is 1.88. The molecule has 0 bridgehead atoms. The van der Waals surface area contributed by atoms with Crippen LogP contribution in [0.4, 0.5) is 0 Å². The Balaban J connectivity index is 2.82. The summed E-state index contributed by atoms with van der Waals surface area (Å²) >= 11 is 0. The molecule has 3 nitrogen and oxygen atoms in total. The molecule has 0 aromatic heterocycles. The maximum atomic E-state index is 10.4. The van der Waals surface area contributed by atoms with Crippen LogP contribution in [0.1, 0.15) is 25.7 Å². The van der Waals surface area contributed by atoms with Crippen molar-refractivity contribution in [2.24, 2.45) is 0 Å². The van der Waals surface area contributed by atoms with Gasteiger partial charge in [0.05, 0.1) is 4.91 Å². The fraction of sp³-hybridized carbons (Fsp3) is 0.667.